The Bertz CT molecular complexity index is 613. The van der Waals surface area contributed by atoms with Gasteiger partial charge in [-0.2, -0.15) is 11.3 Å². The van der Waals surface area contributed by atoms with Crippen LogP contribution in [0.1, 0.15) is 15.9 Å². The normalized spacial score (nSPS) is 10.2. The SMILES string of the molecule is O=C(NCc1ccsc1)c1cc(Cl)ccc1[N+](=O)[O-]. The molecule has 0 bridgehead atoms. The van der Waals surface area contributed by atoms with Gasteiger partial charge in [0.2, 0.25) is 0 Å². The standard InChI is InChI=1S/C12H9ClN2O3S/c13-9-1-2-11(15(17)18)10(5-9)12(16)14-6-8-3-4-19-7-8/h1-5,7H,6H2,(H,14,16). The zero-order chi connectivity index (χ0) is 13.8. The molecular formula is C12H9ClN2O3S. The summed E-state index contributed by atoms with van der Waals surface area (Å²) in [5.41, 5.74) is 0.656. The highest BCUT2D eigenvalue weighted by atomic mass is 35.5. The lowest BCUT2D eigenvalue weighted by atomic mass is 10.1. The first kappa shape index (κ1) is 13.5. The van der Waals surface area contributed by atoms with E-state index in [2.05, 4.69) is 5.32 Å². The third kappa shape index (κ3) is 3.30. The second-order valence-electron chi connectivity index (χ2n) is 3.73. The molecule has 1 aromatic heterocycles. The number of carbonyl (C=O) groups is 1. The third-order valence-electron chi connectivity index (χ3n) is 2.43. The Morgan fingerprint density at radius 2 is 2.21 bits per heavy atom. The van der Waals surface area contributed by atoms with Gasteiger partial charge in [-0.3, -0.25) is 14.9 Å². The molecule has 0 aliphatic rings. The summed E-state index contributed by atoms with van der Waals surface area (Å²) in [6, 6.07) is 5.77. The van der Waals surface area contributed by atoms with Crippen molar-refractivity contribution >= 4 is 34.5 Å². The van der Waals surface area contributed by atoms with Crippen molar-refractivity contribution < 1.29 is 9.72 Å². The Labute approximate surface area is 118 Å². The van der Waals surface area contributed by atoms with Gasteiger partial charge in [0.15, 0.2) is 0 Å². The zero-order valence-corrected chi connectivity index (χ0v) is 11.2. The highest BCUT2D eigenvalue weighted by Gasteiger charge is 2.20. The molecule has 0 radical (unpaired) electrons. The molecule has 1 heterocycles. The van der Waals surface area contributed by atoms with Crippen LogP contribution in [-0.4, -0.2) is 10.8 Å². The van der Waals surface area contributed by atoms with E-state index < -0.39 is 10.8 Å². The summed E-state index contributed by atoms with van der Waals surface area (Å²) in [6.07, 6.45) is 0. The number of nitrogens with zero attached hydrogens (tertiary/aromatic N) is 1. The van der Waals surface area contributed by atoms with Crippen molar-refractivity contribution in [1.82, 2.24) is 5.32 Å². The molecule has 0 fully saturated rings. The number of nitro groups is 1. The Morgan fingerprint density at radius 3 is 2.84 bits per heavy atom. The van der Waals surface area contributed by atoms with Crippen molar-refractivity contribution in [2.24, 2.45) is 0 Å². The van der Waals surface area contributed by atoms with E-state index in [-0.39, 0.29) is 16.3 Å². The maximum absolute atomic E-state index is 11.9. The topological polar surface area (TPSA) is 72.2 Å². The number of thiophene rings is 1. The van der Waals surface area contributed by atoms with Gasteiger partial charge in [0.05, 0.1) is 4.92 Å². The van der Waals surface area contributed by atoms with Gasteiger partial charge in [0.25, 0.3) is 11.6 Å². The van der Waals surface area contributed by atoms with E-state index in [4.69, 9.17) is 11.6 Å². The zero-order valence-electron chi connectivity index (χ0n) is 9.63. The summed E-state index contributed by atoms with van der Waals surface area (Å²) in [4.78, 5) is 22.2. The van der Waals surface area contributed by atoms with Crippen molar-refractivity contribution in [3.05, 3.63) is 61.3 Å². The van der Waals surface area contributed by atoms with Crippen molar-refractivity contribution in [2.45, 2.75) is 6.54 Å². The first-order chi connectivity index (χ1) is 9.08. The van der Waals surface area contributed by atoms with Gasteiger partial charge in [-0.25, -0.2) is 0 Å². The number of benzene rings is 1. The highest BCUT2D eigenvalue weighted by Crippen LogP contribution is 2.22. The Morgan fingerprint density at radius 1 is 1.42 bits per heavy atom. The summed E-state index contributed by atoms with van der Waals surface area (Å²) in [5.74, 6) is -0.514. The van der Waals surface area contributed by atoms with Crippen LogP contribution in [0.5, 0.6) is 0 Å². The fourth-order valence-electron chi connectivity index (χ4n) is 1.52. The molecule has 98 valence electrons. The molecule has 1 amide bonds. The van der Waals surface area contributed by atoms with Crippen LogP contribution in [0.25, 0.3) is 0 Å². The van der Waals surface area contributed by atoms with Crippen LogP contribution in [0.2, 0.25) is 5.02 Å². The minimum atomic E-state index is -0.601. The molecule has 19 heavy (non-hydrogen) atoms. The van der Waals surface area contributed by atoms with Gasteiger partial charge in [0.1, 0.15) is 5.56 Å². The molecule has 0 aliphatic heterocycles. The Hall–Kier alpha value is -1.92. The van der Waals surface area contributed by atoms with Gasteiger partial charge in [-0.05, 0) is 34.5 Å². The largest absolute Gasteiger partial charge is 0.348 e. The number of hydrogen-bond acceptors (Lipinski definition) is 4. The number of halogens is 1. The van der Waals surface area contributed by atoms with E-state index in [1.807, 2.05) is 16.8 Å². The van der Waals surface area contributed by atoms with Gasteiger partial charge in [-0.15, -0.1) is 0 Å². The van der Waals surface area contributed by atoms with Crippen LogP contribution < -0.4 is 5.32 Å². The van der Waals surface area contributed by atoms with E-state index in [1.54, 1.807) is 0 Å². The molecule has 2 rings (SSSR count). The number of hydrogen-bond donors (Lipinski definition) is 1. The van der Waals surface area contributed by atoms with Crippen molar-refractivity contribution in [2.75, 3.05) is 0 Å². The molecule has 0 saturated carbocycles. The molecule has 0 spiro atoms. The summed E-state index contributed by atoms with van der Waals surface area (Å²) in [7, 11) is 0. The molecule has 1 aromatic carbocycles. The number of nitro benzene ring substituents is 1. The maximum atomic E-state index is 11.9. The third-order valence-corrected chi connectivity index (χ3v) is 3.40. The van der Waals surface area contributed by atoms with Crippen LogP contribution in [0.3, 0.4) is 0 Å². The summed E-state index contributed by atoms with van der Waals surface area (Å²) in [6.45, 7) is 0.325. The first-order valence-corrected chi connectivity index (χ1v) is 6.63. The molecule has 5 nitrogen and oxygen atoms in total. The van der Waals surface area contributed by atoms with E-state index >= 15 is 0 Å². The lowest BCUT2D eigenvalue weighted by Crippen LogP contribution is -2.23. The second kappa shape index (κ2) is 5.81. The first-order valence-electron chi connectivity index (χ1n) is 5.31. The summed E-state index contributed by atoms with van der Waals surface area (Å²) < 4.78 is 0. The molecule has 0 atom stereocenters. The quantitative estimate of drug-likeness (QED) is 0.695. The van der Waals surface area contributed by atoms with E-state index in [9.17, 15) is 14.9 Å². The van der Waals surface area contributed by atoms with Crippen LogP contribution in [0, 0.1) is 10.1 Å². The molecule has 0 aliphatic carbocycles. The van der Waals surface area contributed by atoms with E-state index in [0.29, 0.717) is 6.54 Å². The summed E-state index contributed by atoms with van der Waals surface area (Å²) >= 11 is 7.28. The van der Waals surface area contributed by atoms with Crippen molar-refractivity contribution in [3.8, 4) is 0 Å². The van der Waals surface area contributed by atoms with Gasteiger partial charge < -0.3 is 5.32 Å². The van der Waals surface area contributed by atoms with Crippen LogP contribution in [0.15, 0.2) is 35.0 Å². The minimum absolute atomic E-state index is 0.0345. The molecule has 2 aromatic rings. The Balaban J connectivity index is 2.18. The molecule has 0 saturated heterocycles. The van der Waals surface area contributed by atoms with E-state index in [1.165, 1.54) is 29.5 Å². The van der Waals surface area contributed by atoms with Crippen LogP contribution in [0.4, 0.5) is 5.69 Å². The lowest BCUT2D eigenvalue weighted by Gasteiger charge is -2.05. The van der Waals surface area contributed by atoms with Crippen molar-refractivity contribution in [3.63, 3.8) is 0 Å². The average molecular weight is 297 g/mol. The predicted octanol–water partition coefficient (Wildman–Crippen LogP) is 3.24. The van der Waals surface area contributed by atoms with Gasteiger partial charge in [-0.1, -0.05) is 11.6 Å². The van der Waals surface area contributed by atoms with Crippen LogP contribution in [-0.2, 0) is 6.54 Å². The fraction of sp³-hybridized carbons (Fsp3) is 0.0833. The average Bonchev–Trinajstić information content (AvgIpc) is 2.88. The monoisotopic (exact) mass is 296 g/mol. The maximum Gasteiger partial charge on any atom is 0.282 e. The number of amides is 1. The molecular weight excluding hydrogens is 288 g/mol. The van der Waals surface area contributed by atoms with Gasteiger partial charge in [0, 0.05) is 17.6 Å². The van der Waals surface area contributed by atoms with Crippen LogP contribution >= 0.6 is 22.9 Å². The van der Waals surface area contributed by atoms with Gasteiger partial charge >= 0.3 is 0 Å². The Kier molecular flexibility index (Phi) is 4.13. The lowest BCUT2D eigenvalue weighted by molar-refractivity contribution is -0.385. The minimum Gasteiger partial charge on any atom is -0.348 e. The van der Waals surface area contributed by atoms with Crippen molar-refractivity contribution in [1.29, 1.82) is 0 Å². The smallest absolute Gasteiger partial charge is 0.282 e. The van der Waals surface area contributed by atoms with E-state index in [0.717, 1.165) is 5.56 Å². The highest BCUT2D eigenvalue weighted by molar-refractivity contribution is 7.07. The second-order valence-corrected chi connectivity index (χ2v) is 4.95. The molecule has 1 N–H and O–H groups in total. The molecule has 7 heteroatoms. The number of nitrogens with one attached hydrogen (secondary N) is 1. The number of carbonyl (C=O) groups excluding carboxylic acids is 1. The number of rotatable bonds is 4. The fourth-order valence-corrected chi connectivity index (χ4v) is 2.36. The summed E-state index contributed by atoms with van der Waals surface area (Å²) in [5, 5.41) is 17.6. The predicted molar refractivity (Wildman–Crippen MR) is 73.6 cm³/mol. The molecule has 0 unspecified atom stereocenters.